The van der Waals surface area contributed by atoms with Gasteiger partial charge in [0.05, 0.1) is 5.56 Å². The van der Waals surface area contributed by atoms with E-state index in [9.17, 15) is 14.4 Å². The van der Waals surface area contributed by atoms with Gasteiger partial charge in [-0.15, -0.1) is 0 Å². The number of aromatic nitrogens is 1. The van der Waals surface area contributed by atoms with Crippen molar-refractivity contribution < 1.29 is 19.5 Å². The van der Waals surface area contributed by atoms with Gasteiger partial charge in [0.15, 0.2) is 0 Å². The number of fused-ring (bicyclic) bond motifs is 1. The molecule has 1 aromatic heterocycles. The fraction of sp³-hybridized carbons (Fsp3) is 0.391. The van der Waals surface area contributed by atoms with E-state index in [1.807, 2.05) is 18.2 Å². The summed E-state index contributed by atoms with van der Waals surface area (Å²) in [5.74, 6) is -1.11. The summed E-state index contributed by atoms with van der Waals surface area (Å²) in [5, 5.41) is 9.12. The molecule has 0 unspecified atom stereocenters. The normalized spacial score (nSPS) is 17.0. The van der Waals surface area contributed by atoms with Crippen molar-refractivity contribution >= 4 is 23.5 Å². The average Bonchev–Trinajstić information content (AvgIpc) is 3.20. The number of carbonyl (C=O) groups is 3. The van der Waals surface area contributed by atoms with Gasteiger partial charge in [-0.2, -0.15) is 0 Å². The van der Waals surface area contributed by atoms with Gasteiger partial charge in [-0.25, -0.2) is 0 Å². The Morgan fingerprint density at radius 3 is 2.53 bits per heavy atom. The zero-order valence-electron chi connectivity index (χ0n) is 16.8. The number of para-hydroxylation sites is 1. The van der Waals surface area contributed by atoms with Crippen LogP contribution in [0.3, 0.4) is 0 Å². The van der Waals surface area contributed by atoms with Crippen molar-refractivity contribution in [3.05, 3.63) is 59.4 Å². The molecule has 1 aliphatic carbocycles. The van der Waals surface area contributed by atoms with E-state index in [1.165, 1.54) is 35.5 Å². The number of benzene rings is 1. The molecule has 0 atom stereocenters. The average molecular weight is 407 g/mol. The third-order valence-corrected chi connectivity index (χ3v) is 5.91. The molecule has 1 saturated carbocycles. The third kappa shape index (κ3) is 4.35. The molecule has 30 heavy (non-hydrogen) atoms. The predicted molar refractivity (Wildman–Crippen MR) is 111 cm³/mol. The first-order valence-corrected chi connectivity index (χ1v) is 10.4. The summed E-state index contributed by atoms with van der Waals surface area (Å²) >= 11 is 0. The fourth-order valence-electron chi connectivity index (χ4n) is 4.35. The lowest BCUT2D eigenvalue weighted by Gasteiger charge is -2.22. The van der Waals surface area contributed by atoms with E-state index in [1.54, 1.807) is 24.4 Å². The fourth-order valence-corrected chi connectivity index (χ4v) is 4.35. The van der Waals surface area contributed by atoms with Crippen LogP contribution in [-0.2, 0) is 22.6 Å². The van der Waals surface area contributed by atoms with Crippen molar-refractivity contribution in [2.75, 3.05) is 18.0 Å². The van der Waals surface area contributed by atoms with Gasteiger partial charge in [0.25, 0.3) is 5.91 Å². The summed E-state index contributed by atoms with van der Waals surface area (Å²) in [6.07, 6.45) is 7.55. The first-order valence-electron chi connectivity index (χ1n) is 10.4. The van der Waals surface area contributed by atoms with Crippen LogP contribution in [0.15, 0.2) is 42.6 Å². The Morgan fingerprint density at radius 1 is 1.07 bits per heavy atom. The lowest BCUT2D eigenvalue weighted by atomic mass is 10.0. The number of rotatable bonds is 5. The van der Waals surface area contributed by atoms with Crippen LogP contribution in [-0.4, -0.2) is 45.9 Å². The Hall–Kier alpha value is -3.22. The zero-order chi connectivity index (χ0) is 21.1. The molecule has 7 nitrogen and oxygen atoms in total. The molecule has 156 valence electrons. The number of carboxylic acids is 1. The first-order chi connectivity index (χ1) is 14.5. The van der Waals surface area contributed by atoms with Crippen LogP contribution < -0.4 is 4.90 Å². The molecule has 1 fully saturated rings. The van der Waals surface area contributed by atoms with Crippen LogP contribution in [0.5, 0.6) is 0 Å². The quantitative estimate of drug-likeness (QED) is 0.823. The third-order valence-electron chi connectivity index (χ3n) is 5.91. The maximum Gasteiger partial charge on any atom is 0.323 e. The van der Waals surface area contributed by atoms with Gasteiger partial charge in [-0.3, -0.25) is 24.3 Å². The molecule has 4 rings (SSSR count). The van der Waals surface area contributed by atoms with E-state index in [-0.39, 0.29) is 19.0 Å². The topological polar surface area (TPSA) is 90.8 Å². The number of nitrogens with zero attached hydrogens (tertiary/aromatic N) is 3. The van der Waals surface area contributed by atoms with E-state index in [2.05, 4.69) is 4.98 Å². The van der Waals surface area contributed by atoms with E-state index >= 15 is 0 Å². The van der Waals surface area contributed by atoms with Gasteiger partial charge in [-0.1, -0.05) is 43.9 Å². The van der Waals surface area contributed by atoms with E-state index in [0.717, 1.165) is 17.7 Å². The molecule has 1 N–H and O–H groups in total. The highest BCUT2D eigenvalue weighted by molar-refractivity contribution is 6.09. The van der Waals surface area contributed by atoms with Crippen molar-refractivity contribution in [3.8, 4) is 0 Å². The van der Waals surface area contributed by atoms with Crippen LogP contribution in [0.1, 0.15) is 47.3 Å². The molecule has 0 radical (unpaired) electrons. The standard InChI is InChI=1S/C23H25N3O4/c27-21-14-26(20-8-4-3-7-18(20)13-25(21)15-22(28)29)23(30)17-9-10-19(24-12-17)11-16-5-1-2-6-16/h3-4,7-10,12,16H,1-2,5-6,11,13-15H2,(H,28,29). The molecular formula is C23H25N3O4. The number of amides is 2. The maximum absolute atomic E-state index is 13.2. The number of pyridine rings is 1. The van der Waals surface area contributed by atoms with Crippen molar-refractivity contribution in [2.24, 2.45) is 5.92 Å². The van der Waals surface area contributed by atoms with Crippen LogP contribution >= 0.6 is 0 Å². The molecule has 2 aliphatic rings. The monoisotopic (exact) mass is 407 g/mol. The van der Waals surface area contributed by atoms with Gasteiger partial charge in [0.1, 0.15) is 13.1 Å². The number of anilines is 1. The Balaban J connectivity index is 1.56. The molecule has 7 heteroatoms. The van der Waals surface area contributed by atoms with Crippen LogP contribution in [0.4, 0.5) is 5.69 Å². The Bertz CT molecular complexity index is 951. The molecule has 2 heterocycles. The summed E-state index contributed by atoms with van der Waals surface area (Å²) in [6.45, 7) is -0.441. The molecule has 0 bridgehead atoms. The summed E-state index contributed by atoms with van der Waals surface area (Å²) < 4.78 is 0. The lowest BCUT2D eigenvalue weighted by molar-refractivity contribution is -0.144. The highest BCUT2D eigenvalue weighted by Crippen LogP contribution is 2.29. The largest absolute Gasteiger partial charge is 0.480 e. The molecule has 0 spiro atoms. The SMILES string of the molecule is O=C(O)CN1Cc2ccccc2N(C(=O)c2ccc(CC3CCCC3)nc2)CC1=O. The van der Waals surface area contributed by atoms with Crippen LogP contribution in [0, 0.1) is 5.92 Å². The molecular weight excluding hydrogens is 382 g/mol. The van der Waals surface area contributed by atoms with Gasteiger partial charge in [0, 0.05) is 24.1 Å². The van der Waals surface area contributed by atoms with E-state index < -0.39 is 18.4 Å². The number of carbonyl (C=O) groups excluding carboxylic acids is 2. The Labute approximate surface area is 175 Å². The molecule has 0 saturated heterocycles. The number of carboxylic acid groups (broad SMARTS) is 1. The van der Waals surface area contributed by atoms with Crippen molar-refractivity contribution in [2.45, 2.75) is 38.6 Å². The maximum atomic E-state index is 13.2. The molecule has 2 aromatic rings. The van der Waals surface area contributed by atoms with Crippen LogP contribution in [0.25, 0.3) is 0 Å². The molecule has 1 aromatic carbocycles. The highest BCUT2D eigenvalue weighted by Gasteiger charge is 2.30. The van der Waals surface area contributed by atoms with Gasteiger partial charge < -0.3 is 10.0 Å². The van der Waals surface area contributed by atoms with E-state index in [4.69, 9.17) is 5.11 Å². The number of hydrogen-bond acceptors (Lipinski definition) is 4. The number of aliphatic carboxylic acids is 1. The second-order valence-corrected chi connectivity index (χ2v) is 8.06. The second kappa shape index (κ2) is 8.65. The zero-order valence-corrected chi connectivity index (χ0v) is 16.8. The van der Waals surface area contributed by atoms with Crippen molar-refractivity contribution in [3.63, 3.8) is 0 Å². The highest BCUT2D eigenvalue weighted by atomic mass is 16.4. The minimum Gasteiger partial charge on any atom is -0.480 e. The first kappa shape index (κ1) is 20.1. The minimum atomic E-state index is -1.08. The molecule has 2 amide bonds. The summed E-state index contributed by atoms with van der Waals surface area (Å²) in [7, 11) is 0. The lowest BCUT2D eigenvalue weighted by Crippen LogP contribution is -2.41. The van der Waals surface area contributed by atoms with Gasteiger partial charge >= 0.3 is 5.97 Å². The Kier molecular flexibility index (Phi) is 5.79. The summed E-state index contributed by atoms with van der Waals surface area (Å²) in [6, 6.07) is 10.9. The van der Waals surface area contributed by atoms with Gasteiger partial charge in [0.2, 0.25) is 5.91 Å². The molecule has 1 aliphatic heterocycles. The second-order valence-electron chi connectivity index (χ2n) is 8.06. The van der Waals surface area contributed by atoms with Crippen molar-refractivity contribution in [1.29, 1.82) is 0 Å². The number of hydrogen-bond donors (Lipinski definition) is 1. The van der Waals surface area contributed by atoms with Gasteiger partial charge in [-0.05, 0) is 36.1 Å². The Morgan fingerprint density at radius 2 is 1.83 bits per heavy atom. The predicted octanol–water partition coefficient (Wildman–Crippen LogP) is 2.89. The van der Waals surface area contributed by atoms with E-state index in [0.29, 0.717) is 17.2 Å². The summed E-state index contributed by atoms with van der Waals surface area (Å²) in [5.41, 5.74) is 2.76. The summed E-state index contributed by atoms with van der Waals surface area (Å²) in [4.78, 5) is 44.2. The smallest absolute Gasteiger partial charge is 0.323 e. The van der Waals surface area contributed by atoms with Crippen molar-refractivity contribution in [1.82, 2.24) is 9.88 Å². The van der Waals surface area contributed by atoms with Crippen LogP contribution in [0.2, 0.25) is 0 Å². The minimum absolute atomic E-state index is 0.156.